The molecule has 1 aliphatic heterocycles. The van der Waals surface area contributed by atoms with E-state index in [4.69, 9.17) is 4.74 Å². The van der Waals surface area contributed by atoms with Crippen molar-refractivity contribution in [2.45, 2.75) is 50.7 Å². The molecule has 0 spiro atoms. The van der Waals surface area contributed by atoms with E-state index in [1.807, 2.05) is 38.2 Å². The van der Waals surface area contributed by atoms with Gasteiger partial charge in [0.05, 0.1) is 0 Å². The van der Waals surface area contributed by atoms with Crippen LogP contribution in [0.3, 0.4) is 0 Å². The molecule has 1 saturated heterocycles. The van der Waals surface area contributed by atoms with E-state index < -0.39 is 30.2 Å². The number of amides is 1. The van der Waals surface area contributed by atoms with Crippen molar-refractivity contribution < 1.29 is 40.6 Å². The SMILES string of the molecule is C=C/C=C\C(=C/C)C(OC)(C(/C=C\C=C)=C/C)C1CCN(C(=O)OC(C(F)(F)F)C(F)(F)F)CC1. The Hall–Kier alpha value is -2.75. The largest absolute Gasteiger partial charge is 0.434 e. The van der Waals surface area contributed by atoms with Crippen LogP contribution in [0.15, 0.2) is 72.9 Å². The molecule has 0 aliphatic carbocycles. The van der Waals surface area contributed by atoms with Crippen LogP contribution in [0.5, 0.6) is 0 Å². The zero-order valence-electron chi connectivity index (χ0n) is 20.0. The summed E-state index contributed by atoms with van der Waals surface area (Å²) < 4.78 is 86.7. The van der Waals surface area contributed by atoms with Gasteiger partial charge in [-0.3, -0.25) is 0 Å². The molecule has 1 fully saturated rings. The molecule has 0 aromatic carbocycles. The molecule has 0 aromatic heterocycles. The number of hydrogen-bond donors (Lipinski definition) is 0. The van der Waals surface area contributed by atoms with E-state index in [1.165, 1.54) is 7.11 Å². The van der Waals surface area contributed by atoms with Gasteiger partial charge in [-0.1, -0.05) is 61.8 Å². The number of rotatable bonds is 9. The third kappa shape index (κ3) is 7.37. The van der Waals surface area contributed by atoms with Gasteiger partial charge in [-0.25, -0.2) is 4.79 Å². The van der Waals surface area contributed by atoms with Gasteiger partial charge in [0.1, 0.15) is 5.60 Å². The van der Waals surface area contributed by atoms with Crippen molar-refractivity contribution >= 4 is 6.09 Å². The van der Waals surface area contributed by atoms with Crippen molar-refractivity contribution in [2.75, 3.05) is 20.2 Å². The first-order valence-corrected chi connectivity index (χ1v) is 10.9. The lowest BCUT2D eigenvalue weighted by atomic mass is 9.70. The van der Waals surface area contributed by atoms with Gasteiger partial charge in [0.25, 0.3) is 6.10 Å². The first kappa shape index (κ1) is 30.3. The van der Waals surface area contributed by atoms with Gasteiger partial charge in [-0.15, -0.1) is 0 Å². The standard InChI is InChI=1S/C25H31F6NO3/c1-6-10-12-18(8-3)23(34-5,19(9-4)13-11-7-2)20-14-16-32(17-15-20)22(33)35-21(24(26,27)28)25(29,30)31/h6-13,20-21H,1-2,14-17H2,3-5H3/b12-10-,13-11-,18-8+,19-9+. The molecule has 4 nitrogen and oxygen atoms in total. The van der Waals surface area contributed by atoms with Crippen LogP contribution in [0.2, 0.25) is 0 Å². The highest BCUT2D eigenvalue weighted by atomic mass is 19.4. The Morgan fingerprint density at radius 1 is 0.914 bits per heavy atom. The summed E-state index contributed by atoms with van der Waals surface area (Å²) in [6.45, 7) is 10.8. The molecule has 1 heterocycles. The van der Waals surface area contributed by atoms with Crippen molar-refractivity contribution in [2.24, 2.45) is 5.92 Å². The number of allylic oxidation sites excluding steroid dienone is 6. The summed E-state index contributed by atoms with van der Waals surface area (Å²) in [5.74, 6) is -0.265. The second-order valence-corrected chi connectivity index (χ2v) is 7.73. The molecule has 1 amide bonds. The van der Waals surface area contributed by atoms with Gasteiger partial charge in [0, 0.05) is 20.2 Å². The molecule has 0 saturated carbocycles. The number of alkyl halides is 6. The summed E-state index contributed by atoms with van der Waals surface area (Å²) in [4.78, 5) is 13.0. The minimum absolute atomic E-state index is 0.110. The number of carbonyl (C=O) groups is 1. The quantitative estimate of drug-likeness (QED) is 0.247. The highest BCUT2D eigenvalue weighted by Gasteiger charge is 2.60. The third-order valence-electron chi connectivity index (χ3n) is 5.77. The first-order valence-electron chi connectivity index (χ1n) is 10.9. The van der Waals surface area contributed by atoms with E-state index in [0.29, 0.717) is 0 Å². The van der Waals surface area contributed by atoms with Gasteiger partial charge in [-0.05, 0) is 43.8 Å². The molecule has 0 radical (unpaired) electrons. The maximum atomic E-state index is 12.8. The highest BCUT2D eigenvalue weighted by Crippen LogP contribution is 2.44. The van der Waals surface area contributed by atoms with Gasteiger partial charge < -0.3 is 14.4 Å². The summed E-state index contributed by atoms with van der Waals surface area (Å²) in [6, 6.07) is 0. The number of hydrogen-bond acceptors (Lipinski definition) is 3. The zero-order chi connectivity index (χ0) is 26.9. The van der Waals surface area contributed by atoms with Gasteiger partial charge in [0.15, 0.2) is 0 Å². The van der Waals surface area contributed by atoms with Gasteiger partial charge in [-0.2, -0.15) is 26.3 Å². The molecular formula is C25H31F6NO3. The molecule has 0 aromatic rings. The fourth-order valence-corrected chi connectivity index (χ4v) is 4.22. The van der Waals surface area contributed by atoms with E-state index in [1.54, 1.807) is 24.3 Å². The fourth-order valence-electron chi connectivity index (χ4n) is 4.22. The smallest absolute Gasteiger partial charge is 0.426 e. The maximum absolute atomic E-state index is 12.8. The maximum Gasteiger partial charge on any atom is 0.434 e. The number of methoxy groups -OCH3 is 1. The molecular weight excluding hydrogens is 476 g/mol. The number of piperidine rings is 1. The Morgan fingerprint density at radius 2 is 1.34 bits per heavy atom. The van der Waals surface area contributed by atoms with Crippen molar-refractivity contribution in [1.29, 1.82) is 0 Å². The lowest BCUT2D eigenvalue weighted by Gasteiger charge is -2.45. The zero-order valence-corrected chi connectivity index (χ0v) is 20.0. The minimum Gasteiger partial charge on any atom is -0.426 e. The van der Waals surface area contributed by atoms with E-state index in [-0.39, 0.29) is 31.8 Å². The molecule has 10 heteroatoms. The van der Waals surface area contributed by atoms with Crippen molar-refractivity contribution in [3.8, 4) is 0 Å². The number of halogens is 6. The first-order chi connectivity index (χ1) is 16.3. The summed E-state index contributed by atoms with van der Waals surface area (Å²) in [5, 5.41) is 0. The van der Waals surface area contributed by atoms with Gasteiger partial charge in [0.2, 0.25) is 0 Å². The van der Waals surface area contributed by atoms with Gasteiger partial charge >= 0.3 is 18.4 Å². The molecule has 35 heavy (non-hydrogen) atoms. The van der Waals surface area contributed by atoms with Crippen LogP contribution in [0.25, 0.3) is 0 Å². The summed E-state index contributed by atoms with van der Waals surface area (Å²) in [5.41, 5.74) is 0.549. The Kier molecular flexibility index (Phi) is 11.1. The van der Waals surface area contributed by atoms with Crippen molar-refractivity contribution in [3.05, 3.63) is 72.9 Å². The number of likely N-dealkylation sites (tertiary alicyclic amines) is 1. The summed E-state index contributed by atoms with van der Waals surface area (Å²) >= 11 is 0. The Labute approximate surface area is 201 Å². The monoisotopic (exact) mass is 507 g/mol. The molecule has 0 unspecified atom stereocenters. The Morgan fingerprint density at radius 3 is 1.66 bits per heavy atom. The van der Waals surface area contributed by atoms with E-state index in [0.717, 1.165) is 16.0 Å². The van der Waals surface area contributed by atoms with Crippen LogP contribution in [0.4, 0.5) is 31.1 Å². The summed E-state index contributed by atoms with van der Waals surface area (Å²) in [7, 11) is 1.52. The topological polar surface area (TPSA) is 38.8 Å². The van der Waals surface area contributed by atoms with E-state index in [9.17, 15) is 31.1 Å². The molecule has 0 atom stereocenters. The molecule has 1 rings (SSSR count). The number of carbonyl (C=O) groups excluding carboxylic acids is 1. The number of ether oxygens (including phenoxy) is 2. The fraction of sp³-hybridized carbons (Fsp3) is 0.480. The van der Waals surface area contributed by atoms with Crippen molar-refractivity contribution in [3.63, 3.8) is 0 Å². The number of nitrogens with zero attached hydrogens (tertiary/aromatic N) is 1. The predicted molar refractivity (Wildman–Crippen MR) is 123 cm³/mol. The average molecular weight is 508 g/mol. The third-order valence-corrected chi connectivity index (χ3v) is 5.77. The lowest BCUT2D eigenvalue weighted by Crippen LogP contribution is -2.52. The van der Waals surface area contributed by atoms with Crippen LogP contribution in [0.1, 0.15) is 26.7 Å². The average Bonchev–Trinajstić information content (AvgIpc) is 2.80. The van der Waals surface area contributed by atoms with E-state index >= 15 is 0 Å². The lowest BCUT2D eigenvalue weighted by molar-refractivity contribution is -0.308. The molecule has 196 valence electrons. The molecule has 0 N–H and O–H groups in total. The van der Waals surface area contributed by atoms with Crippen LogP contribution in [0, 0.1) is 5.92 Å². The van der Waals surface area contributed by atoms with Crippen LogP contribution in [-0.2, 0) is 9.47 Å². The van der Waals surface area contributed by atoms with E-state index in [2.05, 4.69) is 17.9 Å². The van der Waals surface area contributed by atoms with Crippen LogP contribution < -0.4 is 0 Å². The summed E-state index contributed by atoms with van der Waals surface area (Å²) in [6.07, 6.45) is -2.92. The molecule has 0 bridgehead atoms. The minimum atomic E-state index is -5.77. The van der Waals surface area contributed by atoms with Crippen LogP contribution in [-0.4, -0.2) is 55.3 Å². The Bertz CT molecular complexity index is 811. The second-order valence-electron chi connectivity index (χ2n) is 7.73. The Balaban J connectivity index is 3.27. The highest BCUT2D eigenvalue weighted by molar-refractivity contribution is 5.68. The van der Waals surface area contributed by atoms with Crippen LogP contribution >= 0.6 is 0 Å². The molecule has 1 aliphatic rings. The van der Waals surface area contributed by atoms with Crippen molar-refractivity contribution in [1.82, 2.24) is 4.90 Å². The predicted octanol–water partition coefficient (Wildman–Crippen LogP) is 7.09. The normalized spacial score (nSPS) is 18.9. The second kappa shape index (κ2) is 12.8.